The third kappa shape index (κ3) is 3.51. The predicted octanol–water partition coefficient (Wildman–Crippen LogP) is 4.88. The second-order valence-electron chi connectivity index (χ2n) is 6.49. The summed E-state index contributed by atoms with van der Waals surface area (Å²) >= 11 is 0. The number of nitrogens with one attached hydrogen (secondary N) is 1. The SMILES string of the molecule is COc1ccc(/C=C2\CC=CNC2c2ccc3ncccc3c2)c(OC)c1. The topological polar surface area (TPSA) is 43.4 Å². The van der Waals surface area contributed by atoms with Crippen LogP contribution < -0.4 is 14.8 Å². The Labute approximate surface area is 159 Å². The van der Waals surface area contributed by atoms with E-state index in [9.17, 15) is 0 Å². The molecule has 1 aromatic heterocycles. The van der Waals surface area contributed by atoms with Crippen molar-refractivity contribution >= 4 is 17.0 Å². The van der Waals surface area contributed by atoms with E-state index in [1.54, 1.807) is 14.2 Å². The lowest BCUT2D eigenvalue weighted by molar-refractivity contribution is 0.393. The summed E-state index contributed by atoms with van der Waals surface area (Å²) in [7, 11) is 3.34. The summed E-state index contributed by atoms with van der Waals surface area (Å²) in [5.74, 6) is 1.59. The van der Waals surface area contributed by atoms with E-state index in [1.165, 1.54) is 11.1 Å². The van der Waals surface area contributed by atoms with E-state index in [1.807, 2.05) is 36.7 Å². The Bertz CT molecular complexity index is 1020. The lowest BCUT2D eigenvalue weighted by Gasteiger charge is -2.25. The Morgan fingerprint density at radius 3 is 2.85 bits per heavy atom. The highest BCUT2D eigenvalue weighted by Gasteiger charge is 2.18. The number of pyridine rings is 1. The maximum Gasteiger partial charge on any atom is 0.129 e. The lowest BCUT2D eigenvalue weighted by Crippen LogP contribution is -2.20. The van der Waals surface area contributed by atoms with Crippen molar-refractivity contribution in [2.45, 2.75) is 12.5 Å². The summed E-state index contributed by atoms with van der Waals surface area (Å²) in [5, 5.41) is 4.64. The van der Waals surface area contributed by atoms with Crippen molar-refractivity contribution in [3.05, 3.63) is 83.7 Å². The van der Waals surface area contributed by atoms with Gasteiger partial charge < -0.3 is 14.8 Å². The Morgan fingerprint density at radius 2 is 2.00 bits per heavy atom. The Morgan fingerprint density at radius 1 is 1.07 bits per heavy atom. The van der Waals surface area contributed by atoms with Crippen LogP contribution in [0.4, 0.5) is 0 Å². The van der Waals surface area contributed by atoms with Crippen molar-refractivity contribution in [2.75, 3.05) is 14.2 Å². The number of methoxy groups -OCH3 is 2. The van der Waals surface area contributed by atoms with E-state index >= 15 is 0 Å². The maximum atomic E-state index is 5.56. The minimum absolute atomic E-state index is 0.117. The van der Waals surface area contributed by atoms with Gasteiger partial charge in [0.15, 0.2) is 0 Å². The quantitative estimate of drug-likeness (QED) is 0.722. The smallest absolute Gasteiger partial charge is 0.129 e. The molecule has 4 nitrogen and oxygen atoms in total. The minimum atomic E-state index is 0.117. The van der Waals surface area contributed by atoms with Gasteiger partial charge in [-0.2, -0.15) is 0 Å². The van der Waals surface area contributed by atoms with Crippen molar-refractivity contribution in [1.82, 2.24) is 10.3 Å². The van der Waals surface area contributed by atoms with Crippen molar-refractivity contribution in [2.24, 2.45) is 0 Å². The number of aromatic nitrogens is 1. The molecule has 1 atom stereocenters. The molecule has 136 valence electrons. The van der Waals surface area contributed by atoms with Gasteiger partial charge in [0.2, 0.25) is 0 Å². The van der Waals surface area contributed by atoms with Crippen LogP contribution in [-0.2, 0) is 0 Å². The van der Waals surface area contributed by atoms with Gasteiger partial charge in [-0.3, -0.25) is 4.98 Å². The maximum absolute atomic E-state index is 5.56. The van der Waals surface area contributed by atoms with Gasteiger partial charge in [0, 0.05) is 23.2 Å². The van der Waals surface area contributed by atoms with Gasteiger partial charge in [-0.1, -0.05) is 18.2 Å². The molecule has 1 aliphatic rings. The normalized spacial score (nSPS) is 17.7. The molecule has 0 fully saturated rings. The molecular formula is C23H22N2O2. The highest BCUT2D eigenvalue weighted by molar-refractivity contribution is 5.79. The third-order valence-corrected chi connectivity index (χ3v) is 4.85. The van der Waals surface area contributed by atoms with E-state index < -0.39 is 0 Å². The first-order valence-electron chi connectivity index (χ1n) is 8.97. The first-order chi connectivity index (χ1) is 13.3. The van der Waals surface area contributed by atoms with Crippen LogP contribution in [0.1, 0.15) is 23.6 Å². The summed E-state index contributed by atoms with van der Waals surface area (Å²) in [6.07, 6.45) is 9.08. The standard InChI is InChI=1S/C23H22N2O2/c1-26-20-9-7-17(22(15-20)27-2)14-18-6-4-12-25-23(18)19-8-10-21-16(13-19)5-3-11-24-21/h3-5,7-15,23,25H,6H2,1-2H3/b18-14+. The average Bonchev–Trinajstić information content (AvgIpc) is 2.74. The van der Waals surface area contributed by atoms with E-state index in [2.05, 4.69) is 46.7 Å². The van der Waals surface area contributed by atoms with Gasteiger partial charge in [0.1, 0.15) is 11.5 Å². The van der Waals surface area contributed by atoms with Crippen molar-refractivity contribution < 1.29 is 9.47 Å². The molecule has 4 heteroatoms. The molecule has 1 N–H and O–H groups in total. The van der Waals surface area contributed by atoms with Crippen LogP contribution in [0.5, 0.6) is 11.5 Å². The van der Waals surface area contributed by atoms with E-state index in [4.69, 9.17) is 9.47 Å². The van der Waals surface area contributed by atoms with E-state index in [0.717, 1.165) is 34.4 Å². The number of hydrogen-bond acceptors (Lipinski definition) is 4. The lowest BCUT2D eigenvalue weighted by atomic mass is 9.91. The highest BCUT2D eigenvalue weighted by Crippen LogP contribution is 2.33. The van der Waals surface area contributed by atoms with Gasteiger partial charge in [-0.05, 0) is 60.2 Å². The first-order valence-corrected chi connectivity index (χ1v) is 8.97. The zero-order chi connectivity index (χ0) is 18.6. The molecule has 0 bridgehead atoms. The third-order valence-electron chi connectivity index (χ3n) is 4.85. The molecule has 27 heavy (non-hydrogen) atoms. The number of allylic oxidation sites excluding steroid dienone is 1. The van der Waals surface area contributed by atoms with E-state index in [0.29, 0.717) is 0 Å². The van der Waals surface area contributed by atoms with Crippen LogP contribution in [0.3, 0.4) is 0 Å². The fourth-order valence-electron chi connectivity index (χ4n) is 3.45. The zero-order valence-electron chi connectivity index (χ0n) is 15.5. The number of rotatable bonds is 4. The van der Waals surface area contributed by atoms with Crippen LogP contribution in [0, 0.1) is 0 Å². The predicted molar refractivity (Wildman–Crippen MR) is 109 cm³/mol. The molecule has 2 aromatic carbocycles. The second-order valence-corrected chi connectivity index (χ2v) is 6.49. The fourth-order valence-corrected chi connectivity index (χ4v) is 3.45. The molecule has 1 aliphatic heterocycles. The molecule has 1 unspecified atom stereocenters. The molecule has 0 radical (unpaired) electrons. The van der Waals surface area contributed by atoms with Crippen molar-refractivity contribution in [3.8, 4) is 11.5 Å². The molecule has 4 rings (SSSR count). The highest BCUT2D eigenvalue weighted by atomic mass is 16.5. The number of ether oxygens (including phenoxy) is 2. The molecule has 0 aliphatic carbocycles. The second kappa shape index (κ2) is 7.54. The Kier molecular flexibility index (Phi) is 4.79. The zero-order valence-corrected chi connectivity index (χ0v) is 15.5. The molecule has 2 heterocycles. The van der Waals surface area contributed by atoms with Gasteiger partial charge in [0.05, 0.1) is 25.8 Å². The monoisotopic (exact) mass is 358 g/mol. The molecule has 3 aromatic rings. The number of hydrogen-bond donors (Lipinski definition) is 1. The summed E-state index contributed by atoms with van der Waals surface area (Å²) < 4.78 is 10.9. The van der Waals surface area contributed by atoms with Crippen LogP contribution >= 0.6 is 0 Å². The minimum Gasteiger partial charge on any atom is -0.497 e. The number of nitrogens with zero attached hydrogens (tertiary/aromatic N) is 1. The van der Waals surface area contributed by atoms with Gasteiger partial charge >= 0.3 is 0 Å². The van der Waals surface area contributed by atoms with Crippen LogP contribution in [0.2, 0.25) is 0 Å². The Balaban J connectivity index is 1.74. The summed E-state index contributed by atoms with van der Waals surface area (Å²) in [6.45, 7) is 0. The van der Waals surface area contributed by atoms with Crippen LogP contribution in [0.15, 0.2) is 72.6 Å². The van der Waals surface area contributed by atoms with E-state index in [-0.39, 0.29) is 6.04 Å². The molecule has 0 amide bonds. The molecule has 0 spiro atoms. The molecule has 0 saturated carbocycles. The van der Waals surface area contributed by atoms with Crippen molar-refractivity contribution in [3.63, 3.8) is 0 Å². The summed E-state index contributed by atoms with van der Waals surface area (Å²) in [5.41, 5.74) is 4.55. The van der Waals surface area contributed by atoms with Crippen LogP contribution in [0.25, 0.3) is 17.0 Å². The molecule has 0 saturated heterocycles. The average molecular weight is 358 g/mol. The van der Waals surface area contributed by atoms with Gasteiger partial charge in [-0.15, -0.1) is 0 Å². The van der Waals surface area contributed by atoms with Gasteiger partial charge in [0.25, 0.3) is 0 Å². The van der Waals surface area contributed by atoms with Gasteiger partial charge in [-0.25, -0.2) is 0 Å². The summed E-state index contributed by atoms with van der Waals surface area (Å²) in [6, 6.07) is 16.5. The molecular weight excluding hydrogens is 336 g/mol. The fraction of sp³-hybridized carbons (Fsp3) is 0.174. The Hall–Kier alpha value is -3.27. The first kappa shape index (κ1) is 17.2. The summed E-state index contributed by atoms with van der Waals surface area (Å²) in [4.78, 5) is 4.42. The van der Waals surface area contributed by atoms with Crippen LogP contribution in [-0.4, -0.2) is 19.2 Å². The largest absolute Gasteiger partial charge is 0.497 e. The number of fused-ring (bicyclic) bond motifs is 1. The number of benzene rings is 2. The van der Waals surface area contributed by atoms with Crippen molar-refractivity contribution in [1.29, 1.82) is 0 Å².